The lowest BCUT2D eigenvalue weighted by Gasteiger charge is -2.17. The summed E-state index contributed by atoms with van der Waals surface area (Å²) in [5.74, 6) is 1.04. The van der Waals surface area contributed by atoms with E-state index in [1.54, 1.807) is 6.26 Å². The highest BCUT2D eigenvalue weighted by Crippen LogP contribution is 2.15. The third kappa shape index (κ3) is 2.83. The molecule has 0 amide bonds. The van der Waals surface area contributed by atoms with E-state index in [2.05, 4.69) is 26.1 Å². The number of nitrogens with one attached hydrogen (secondary N) is 1. The largest absolute Gasteiger partial charge is 0.467 e. The van der Waals surface area contributed by atoms with Gasteiger partial charge in [-0.1, -0.05) is 0 Å². The van der Waals surface area contributed by atoms with Crippen LogP contribution in [0.4, 0.5) is 0 Å². The molecule has 0 saturated carbocycles. The fourth-order valence-corrected chi connectivity index (χ4v) is 2.07. The molecule has 3 nitrogen and oxygen atoms in total. The Morgan fingerprint density at radius 3 is 3.14 bits per heavy atom. The number of hydrogen-bond acceptors (Lipinski definition) is 3. The third-order valence-corrected chi connectivity index (χ3v) is 2.85. The van der Waals surface area contributed by atoms with Gasteiger partial charge in [-0.2, -0.15) is 0 Å². The van der Waals surface area contributed by atoms with Crippen molar-refractivity contribution >= 4 is 15.9 Å². The first-order chi connectivity index (χ1) is 6.84. The molecular weight excluding hydrogens is 244 g/mol. The molecule has 0 bridgehead atoms. The van der Waals surface area contributed by atoms with Crippen LogP contribution in [-0.2, 0) is 6.54 Å². The number of hydrogen-bond donors (Lipinski definition) is 1. The highest BCUT2D eigenvalue weighted by atomic mass is 79.9. The Morgan fingerprint density at radius 1 is 1.43 bits per heavy atom. The van der Waals surface area contributed by atoms with Crippen LogP contribution in [-0.4, -0.2) is 31.1 Å². The van der Waals surface area contributed by atoms with E-state index in [0.717, 1.165) is 43.0 Å². The van der Waals surface area contributed by atoms with E-state index in [1.165, 1.54) is 6.42 Å². The highest BCUT2D eigenvalue weighted by Gasteiger charge is 2.10. The predicted molar refractivity (Wildman–Crippen MR) is 59.2 cm³/mol. The number of furan rings is 1. The number of nitrogens with zero attached hydrogens (tertiary/aromatic N) is 1. The standard InChI is InChI=1S/C10H15BrN2O/c11-9-6-10(14-8-9)7-13-4-1-2-12-3-5-13/h6,8,12H,1-5,7H2. The first kappa shape index (κ1) is 10.2. The smallest absolute Gasteiger partial charge is 0.118 e. The fourth-order valence-electron chi connectivity index (χ4n) is 1.72. The third-order valence-electron chi connectivity index (χ3n) is 2.43. The van der Waals surface area contributed by atoms with Crippen LogP contribution in [0.15, 0.2) is 21.2 Å². The summed E-state index contributed by atoms with van der Waals surface area (Å²) < 4.78 is 6.43. The van der Waals surface area contributed by atoms with Crippen molar-refractivity contribution < 1.29 is 4.42 Å². The van der Waals surface area contributed by atoms with Gasteiger partial charge in [0.2, 0.25) is 0 Å². The Labute approximate surface area is 92.6 Å². The Balaban J connectivity index is 1.89. The summed E-state index contributed by atoms with van der Waals surface area (Å²) in [6, 6.07) is 2.04. The van der Waals surface area contributed by atoms with Crippen molar-refractivity contribution in [2.45, 2.75) is 13.0 Å². The van der Waals surface area contributed by atoms with Crippen molar-refractivity contribution in [1.29, 1.82) is 0 Å². The molecule has 14 heavy (non-hydrogen) atoms. The van der Waals surface area contributed by atoms with Crippen LogP contribution in [0.2, 0.25) is 0 Å². The van der Waals surface area contributed by atoms with Crippen LogP contribution in [0.5, 0.6) is 0 Å². The molecule has 0 unspecified atom stereocenters. The van der Waals surface area contributed by atoms with E-state index in [9.17, 15) is 0 Å². The molecule has 1 saturated heterocycles. The zero-order valence-electron chi connectivity index (χ0n) is 8.13. The zero-order valence-corrected chi connectivity index (χ0v) is 9.72. The van der Waals surface area contributed by atoms with Crippen LogP contribution >= 0.6 is 15.9 Å². The van der Waals surface area contributed by atoms with Crippen LogP contribution in [0.3, 0.4) is 0 Å². The molecule has 0 aromatic carbocycles. The van der Waals surface area contributed by atoms with Crippen molar-refractivity contribution in [3.05, 3.63) is 22.6 Å². The quantitative estimate of drug-likeness (QED) is 0.878. The lowest BCUT2D eigenvalue weighted by molar-refractivity contribution is 0.259. The topological polar surface area (TPSA) is 28.4 Å². The van der Waals surface area contributed by atoms with Crippen LogP contribution < -0.4 is 5.32 Å². The predicted octanol–water partition coefficient (Wildman–Crippen LogP) is 1.84. The average molecular weight is 259 g/mol. The lowest BCUT2D eigenvalue weighted by Crippen LogP contribution is -2.27. The molecular formula is C10H15BrN2O. The number of halogens is 1. The Hall–Kier alpha value is -0.320. The molecule has 0 radical (unpaired) electrons. The van der Waals surface area contributed by atoms with E-state index in [1.807, 2.05) is 6.07 Å². The van der Waals surface area contributed by atoms with Gasteiger partial charge >= 0.3 is 0 Å². The monoisotopic (exact) mass is 258 g/mol. The van der Waals surface area contributed by atoms with Gasteiger partial charge in [-0.25, -0.2) is 0 Å². The maximum Gasteiger partial charge on any atom is 0.118 e. The van der Waals surface area contributed by atoms with E-state index < -0.39 is 0 Å². The molecule has 78 valence electrons. The molecule has 0 atom stereocenters. The van der Waals surface area contributed by atoms with E-state index in [-0.39, 0.29) is 0 Å². The van der Waals surface area contributed by atoms with Crippen molar-refractivity contribution in [1.82, 2.24) is 10.2 Å². The summed E-state index contributed by atoms with van der Waals surface area (Å²) in [5, 5.41) is 3.39. The SMILES string of the molecule is Brc1coc(CN2CCCNCC2)c1. The van der Waals surface area contributed by atoms with Crippen molar-refractivity contribution in [3.8, 4) is 0 Å². The van der Waals surface area contributed by atoms with Gasteiger partial charge in [0.1, 0.15) is 12.0 Å². The number of rotatable bonds is 2. The minimum Gasteiger partial charge on any atom is -0.467 e. The van der Waals surface area contributed by atoms with Gasteiger partial charge in [0.15, 0.2) is 0 Å². The van der Waals surface area contributed by atoms with Gasteiger partial charge < -0.3 is 9.73 Å². The summed E-state index contributed by atoms with van der Waals surface area (Å²) >= 11 is 3.39. The Morgan fingerprint density at radius 2 is 2.36 bits per heavy atom. The van der Waals surface area contributed by atoms with Crippen molar-refractivity contribution in [3.63, 3.8) is 0 Å². The van der Waals surface area contributed by atoms with E-state index in [4.69, 9.17) is 4.42 Å². The molecule has 0 spiro atoms. The second-order valence-electron chi connectivity index (χ2n) is 3.61. The molecule has 2 rings (SSSR count). The van der Waals surface area contributed by atoms with Gasteiger partial charge in [0.05, 0.1) is 11.0 Å². The second-order valence-corrected chi connectivity index (χ2v) is 4.53. The molecule has 1 aromatic rings. The zero-order chi connectivity index (χ0) is 9.80. The normalized spacial score (nSPS) is 19.5. The summed E-state index contributed by atoms with van der Waals surface area (Å²) in [4.78, 5) is 2.42. The Bertz CT molecular complexity index is 279. The molecule has 2 heterocycles. The van der Waals surface area contributed by atoms with Gasteiger partial charge in [-0.15, -0.1) is 0 Å². The maximum absolute atomic E-state index is 5.40. The van der Waals surface area contributed by atoms with E-state index in [0.29, 0.717) is 0 Å². The summed E-state index contributed by atoms with van der Waals surface area (Å²) in [6.07, 6.45) is 2.97. The Kier molecular flexibility index (Phi) is 3.61. The molecule has 1 aliphatic rings. The van der Waals surface area contributed by atoms with Crippen molar-refractivity contribution in [2.75, 3.05) is 26.2 Å². The molecule has 1 aliphatic heterocycles. The lowest BCUT2D eigenvalue weighted by atomic mass is 10.3. The summed E-state index contributed by atoms with van der Waals surface area (Å²) in [5.41, 5.74) is 0. The van der Waals surface area contributed by atoms with Gasteiger partial charge in [-0.3, -0.25) is 4.90 Å². The molecule has 0 aliphatic carbocycles. The second kappa shape index (κ2) is 4.96. The van der Waals surface area contributed by atoms with Crippen LogP contribution in [0.1, 0.15) is 12.2 Å². The minimum atomic E-state index is 0.924. The van der Waals surface area contributed by atoms with Crippen LogP contribution in [0.25, 0.3) is 0 Å². The van der Waals surface area contributed by atoms with Gasteiger partial charge in [0, 0.05) is 13.1 Å². The molecule has 1 aromatic heterocycles. The highest BCUT2D eigenvalue weighted by molar-refractivity contribution is 9.10. The minimum absolute atomic E-state index is 0.924. The van der Waals surface area contributed by atoms with Crippen LogP contribution in [0, 0.1) is 0 Å². The van der Waals surface area contributed by atoms with E-state index >= 15 is 0 Å². The molecule has 1 fully saturated rings. The van der Waals surface area contributed by atoms with Crippen molar-refractivity contribution in [2.24, 2.45) is 0 Å². The summed E-state index contributed by atoms with van der Waals surface area (Å²) in [7, 11) is 0. The average Bonchev–Trinajstić information content (AvgIpc) is 2.43. The first-order valence-corrected chi connectivity index (χ1v) is 5.80. The van der Waals surface area contributed by atoms with Gasteiger partial charge in [-0.05, 0) is 41.5 Å². The molecule has 4 heteroatoms. The van der Waals surface area contributed by atoms with Gasteiger partial charge in [0.25, 0.3) is 0 Å². The summed E-state index contributed by atoms with van der Waals surface area (Å²) in [6.45, 7) is 5.41. The first-order valence-electron chi connectivity index (χ1n) is 5.00. The molecule has 1 N–H and O–H groups in total. The fraction of sp³-hybridized carbons (Fsp3) is 0.600. The maximum atomic E-state index is 5.40.